The van der Waals surface area contributed by atoms with Gasteiger partial charge in [0.1, 0.15) is 6.10 Å². The maximum Gasteiger partial charge on any atom is 0.303 e. The smallest absolute Gasteiger partial charge is 0.303 e. The summed E-state index contributed by atoms with van der Waals surface area (Å²) in [5.74, 6) is 15.6. The quantitative estimate of drug-likeness (QED) is 0.235. The number of esters is 1. The second-order valence-electron chi connectivity index (χ2n) is 4.01. The summed E-state index contributed by atoms with van der Waals surface area (Å²) < 4.78 is 5.20. The van der Waals surface area contributed by atoms with Crippen molar-refractivity contribution in [3.8, 4) is 35.5 Å². The van der Waals surface area contributed by atoms with Gasteiger partial charge in [-0.1, -0.05) is 30.1 Å². The Bertz CT molecular complexity index is 560. The standard InChI is InChI=1S/C19H20O2/c1-4-6-8-9-10-11-12-13-15-17-19(21-18(3)20)16-14-7-5-2/h5,12-13,15,17,19H,2,7,14,16H2,1,3H3/b13-12+,17-15+/t19-/m0/s1. The number of unbranched alkanes of at least 4 members (excludes halogenated alkanes) is 1. The molecule has 0 aromatic rings. The topological polar surface area (TPSA) is 26.3 Å². The minimum Gasteiger partial charge on any atom is -0.458 e. The largest absolute Gasteiger partial charge is 0.458 e. The minimum absolute atomic E-state index is 0.209. The Kier molecular flexibility index (Phi) is 12.1. The van der Waals surface area contributed by atoms with Gasteiger partial charge in [-0.3, -0.25) is 4.79 Å². The molecule has 2 heteroatoms. The van der Waals surface area contributed by atoms with Gasteiger partial charge in [0.15, 0.2) is 0 Å². The highest BCUT2D eigenvalue weighted by Gasteiger charge is 2.06. The fraction of sp³-hybridized carbons (Fsp3) is 0.316. The Morgan fingerprint density at radius 1 is 1.24 bits per heavy atom. The lowest BCUT2D eigenvalue weighted by atomic mass is 10.1. The fourth-order valence-electron chi connectivity index (χ4n) is 1.37. The molecule has 0 saturated heterocycles. The van der Waals surface area contributed by atoms with Crippen LogP contribution in [0.1, 0.15) is 33.1 Å². The third-order valence-electron chi connectivity index (χ3n) is 2.22. The SMILES string of the molecule is C=CCCC[C@@H](/C=C/C=C/C#CC#CC#CC)OC(C)=O. The highest BCUT2D eigenvalue weighted by molar-refractivity contribution is 5.66. The van der Waals surface area contributed by atoms with Gasteiger partial charge in [0.2, 0.25) is 0 Å². The van der Waals surface area contributed by atoms with Crippen LogP contribution in [-0.4, -0.2) is 12.1 Å². The van der Waals surface area contributed by atoms with Crippen molar-refractivity contribution in [2.24, 2.45) is 0 Å². The van der Waals surface area contributed by atoms with Crippen molar-refractivity contribution >= 4 is 5.97 Å². The van der Waals surface area contributed by atoms with E-state index in [0.717, 1.165) is 19.3 Å². The molecule has 0 bridgehead atoms. The summed E-state index contributed by atoms with van der Waals surface area (Å²) in [4.78, 5) is 11.0. The zero-order chi connectivity index (χ0) is 15.8. The number of hydrogen-bond donors (Lipinski definition) is 0. The maximum atomic E-state index is 11.0. The molecule has 0 aliphatic heterocycles. The van der Waals surface area contributed by atoms with Gasteiger partial charge in [0.25, 0.3) is 0 Å². The minimum atomic E-state index is -0.278. The summed E-state index contributed by atoms with van der Waals surface area (Å²) in [5, 5.41) is 0. The van der Waals surface area contributed by atoms with E-state index in [1.807, 2.05) is 18.2 Å². The second kappa shape index (κ2) is 13.8. The van der Waals surface area contributed by atoms with Gasteiger partial charge in [-0.05, 0) is 62.0 Å². The van der Waals surface area contributed by atoms with E-state index in [1.165, 1.54) is 6.92 Å². The van der Waals surface area contributed by atoms with Crippen LogP contribution in [0.25, 0.3) is 0 Å². The number of carbonyl (C=O) groups excluding carboxylic acids is 1. The van der Waals surface area contributed by atoms with Crippen LogP contribution in [0.4, 0.5) is 0 Å². The van der Waals surface area contributed by atoms with Crippen molar-refractivity contribution in [3.05, 3.63) is 37.0 Å². The maximum absolute atomic E-state index is 11.0. The van der Waals surface area contributed by atoms with E-state index >= 15 is 0 Å². The number of rotatable bonds is 7. The lowest BCUT2D eigenvalue weighted by molar-refractivity contribution is -0.144. The third kappa shape index (κ3) is 13.6. The molecular weight excluding hydrogens is 260 g/mol. The Balaban J connectivity index is 4.34. The first-order valence-corrected chi connectivity index (χ1v) is 6.74. The van der Waals surface area contributed by atoms with Gasteiger partial charge in [-0.25, -0.2) is 0 Å². The van der Waals surface area contributed by atoms with Gasteiger partial charge in [-0.2, -0.15) is 0 Å². The second-order valence-corrected chi connectivity index (χ2v) is 4.01. The molecule has 108 valence electrons. The zero-order valence-corrected chi connectivity index (χ0v) is 12.6. The van der Waals surface area contributed by atoms with E-state index in [1.54, 1.807) is 19.1 Å². The van der Waals surface area contributed by atoms with Crippen molar-refractivity contribution in [2.75, 3.05) is 0 Å². The van der Waals surface area contributed by atoms with Gasteiger partial charge in [0, 0.05) is 6.92 Å². The Morgan fingerprint density at radius 2 is 2.00 bits per heavy atom. The molecule has 0 radical (unpaired) electrons. The Labute approximate surface area is 128 Å². The van der Waals surface area contributed by atoms with Crippen molar-refractivity contribution in [3.63, 3.8) is 0 Å². The van der Waals surface area contributed by atoms with E-state index in [9.17, 15) is 4.79 Å². The number of carbonyl (C=O) groups is 1. The summed E-state index contributed by atoms with van der Waals surface area (Å²) in [5.41, 5.74) is 0. The van der Waals surface area contributed by atoms with Gasteiger partial charge < -0.3 is 4.74 Å². The van der Waals surface area contributed by atoms with Crippen molar-refractivity contribution in [1.29, 1.82) is 0 Å². The molecule has 0 aliphatic carbocycles. The molecule has 0 amide bonds. The molecule has 0 N–H and O–H groups in total. The van der Waals surface area contributed by atoms with E-state index in [2.05, 4.69) is 42.1 Å². The lowest BCUT2D eigenvalue weighted by Crippen LogP contribution is -2.13. The molecule has 0 saturated carbocycles. The number of ether oxygens (including phenoxy) is 1. The Hall–Kier alpha value is -2.63. The van der Waals surface area contributed by atoms with Crippen LogP contribution in [-0.2, 0) is 9.53 Å². The Morgan fingerprint density at radius 3 is 2.67 bits per heavy atom. The summed E-state index contributed by atoms with van der Waals surface area (Å²) in [6.07, 6.45) is 11.4. The monoisotopic (exact) mass is 280 g/mol. The molecule has 0 aromatic carbocycles. The molecular formula is C19H20O2. The normalized spacial score (nSPS) is 10.6. The van der Waals surface area contributed by atoms with E-state index < -0.39 is 0 Å². The van der Waals surface area contributed by atoms with Crippen LogP contribution in [0.5, 0.6) is 0 Å². The summed E-state index contributed by atoms with van der Waals surface area (Å²) in [6, 6.07) is 0. The first kappa shape index (κ1) is 18.4. The fourth-order valence-corrected chi connectivity index (χ4v) is 1.37. The summed E-state index contributed by atoms with van der Waals surface area (Å²) in [6.45, 7) is 6.80. The third-order valence-corrected chi connectivity index (χ3v) is 2.22. The highest BCUT2D eigenvalue weighted by atomic mass is 16.5. The molecule has 0 heterocycles. The molecule has 0 rings (SSSR count). The number of allylic oxidation sites excluding steroid dienone is 4. The molecule has 0 spiro atoms. The zero-order valence-electron chi connectivity index (χ0n) is 12.6. The van der Waals surface area contributed by atoms with Crippen LogP contribution in [0.3, 0.4) is 0 Å². The average molecular weight is 280 g/mol. The highest BCUT2D eigenvalue weighted by Crippen LogP contribution is 2.07. The van der Waals surface area contributed by atoms with Crippen LogP contribution < -0.4 is 0 Å². The molecule has 0 aromatic heterocycles. The summed E-state index contributed by atoms with van der Waals surface area (Å²) >= 11 is 0. The van der Waals surface area contributed by atoms with Gasteiger partial charge in [0.05, 0.1) is 0 Å². The molecule has 2 nitrogen and oxygen atoms in total. The van der Waals surface area contributed by atoms with Crippen LogP contribution in [0.15, 0.2) is 37.0 Å². The molecule has 1 atom stereocenters. The first-order valence-electron chi connectivity index (χ1n) is 6.74. The van der Waals surface area contributed by atoms with Crippen molar-refractivity contribution in [2.45, 2.75) is 39.2 Å². The predicted octanol–water partition coefficient (Wildman–Crippen LogP) is 3.42. The first-order chi connectivity index (χ1) is 10.2. The van der Waals surface area contributed by atoms with E-state index in [-0.39, 0.29) is 12.1 Å². The molecule has 0 aliphatic rings. The van der Waals surface area contributed by atoms with E-state index in [4.69, 9.17) is 4.74 Å². The van der Waals surface area contributed by atoms with Crippen molar-refractivity contribution < 1.29 is 9.53 Å². The van der Waals surface area contributed by atoms with Gasteiger partial charge >= 0.3 is 5.97 Å². The van der Waals surface area contributed by atoms with Crippen molar-refractivity contribution in [1.82, 2.24) is 0 Å². The van der Waals surface area contributed by atoms with Crippen LogP contribution in [0, 0.1) is 35.5 Å². The summed E-state index contributed by atoms with van der Waals surface area (Å²) in [7, 11) is 0. The van der Waals surface area contributed by atoms with E-state index in [0.29, 0.717) is 0 Å². The van der Waals surface area contributed by atoms with Crippen LogP contribution >= 0.6 is 0 Å². The molecule has 21 heavy (non-hydrogen) atoms. The average Bonchev–Trinajstić information content (AvgIpc) is 2.45. The predicted molar refractivity (Wildman–Crippen MR) is 86.9 cm³/mol. The molecule has 0 unspecified atom stereocenters. The lowest BCUT2D eigenvalue weighted by Gasteiger charge is -2.11. The molecule has 0 fully saturated rings. The number of hydrogen-bond acceptors (Lipinski definition) is 2. The van der Waals surface area contributed by atoms with Crippen LogP contribution in [0.2, 0.25) is 0 Å². The van der Waals surface area contributed by atoms with Gasteiger partial charge in [-0.15, -0.1) is 6.58 Å².